The molecule has 0 saturated carbocycles. The Morgan fingerprint density at radius 1 is 1.31 bits per heavy atom. The zero-order chi connectivity index (χ0) is 13.2. The summed E-state index contributed by atoms with van der Waals surface area (Å²) in [5.41, 5.74) is 0.887. The van der Waals surface area contributed by atoms with Gasteiger partial charge in [0.1, 0.15) is 6.10 Å². The van der Waals surface area contributed by atoms with Gasteiger partial charge in [0.2, 0.25) is 0 Å². The summed E-state index contributed by atoms with van der Waals surface area (Å²) in [6.07, 6.45) is -6.05. The third-order valence-corrected chi connectivity index (χ3v) is 2.33. The zero-order valence-corrected chi connectivity index (χ0v) is 8.74. The number of ether oxygens (including phenoxy) is 2. The van der Waals surface area contributed by atoms with E-state index in [0.29, 0.717) is 0 Å². The van der Waals surface area contributed by atoms with E-state index in [4.69, 9.17) is 12.2 Å². The molecule has 3 atom stereocenters. The number of aliphatic hydroxyl groups excluding tert-OH is 2. The largest absolute Gasteiger partial charge is 0.390 e. The van der Waals surface area contributed by atoms with Crippen molar-refractivity contribution in [1.82, 2.24) is 0 Å². The molecule has 1 saturated heterocycles. The van der Waals surface area contributed by atoms with Gasteiger partial charge in [0, 0.05) is 9.11 Å². The average Bonchev–Trinajstić information content (AvgIpc) is 2.37. The Hall–Kier alpha value is -0.940. The van der Waals surface area contributed by atoms with Crippen molar-refractivity contribution in [1.29, 1.82) is 0 Å². The van der Waals surface area contributed by atoms with Crippen LogP contribution in [-0.4, -0.2) is 35.3 Å². The van der Waals surface area contributed by atoms with Gasteiger partial charge in [0.15, 0.2) is 6.29 Å². The summed E-state index contributed by atoms with van der Waals surface area (Å²) in [5.74, 6) is 0. The second-order valence-corrected chi connectivity index (χ2v) is 3.64. The van der Waals surface area contributed by atoms with Crippen molar-refractivity contribution in [2.45, 2.75) is 31.5 Å². The van der Waals surface area contributed by atoms with Gasteiger partial charge in [-0.05, 0) is 5.56 Å². The molecule has 1 aliphatic heterocycles. The first-order valence-corrected chi connectivity index (χ1v) is 5.15. The molecule has 1 heterocycles. The topological polar surface area (TPSA) is 58.9 Å². The van der Waals surface area contributed by atoms with Crippen LogP contribution >= 0.6 is 0 Å². The summed E-state index contributed by atoms with van der Waals surface area (Å²) in [7, 11) is 0. The summed E-state index contributed by atoms with van der Waals surface area (Å²) in [6, 6.07) is 9.29. The highest BCUT2D eigenvalue weighted by Crippen LogP contribution is 2.16. The quantitative estimate of drug-likeness (QED) is 0.795. The van der Waals surface area contributed by atoms with Crippen LogP contribution in [0.5, 0.6) is 0 Å². The van der Waals surface area contributed by atoms with E-state index < -0.39 is 24.9 Å². The molecule has 0 bridgehead atoms. The standard InChI is InChI=1S/C12H16O4/c13-10-6-12(16-8-11(10)14)15-7-9-4-2-1-3-5-9/h1-5,10-14H,6-8H2/t10-,11+,12+/m0/s1/i6D2. The third kappa shape index (κ3) is 3.02. The van der Waals surface area contributed by atoms with Gasteiger partial charge >= 0.3 is 0 Å². The van der Waals surface area contributed by atoms with Gasteiger partial charge in [-0.3, -0.25) is 0 Å². The molecule has 2 N–H and O–H groups in total. The highest BCUT2D eigenvalue weighted by atomic mass is 16.7. The Morgan fingerprint density at radius 3 is 2.81 bits per heavy atom. The van der Waals surface area contributed by atoms with Crippen LogP contribution < -0.4 is 0 Å². The second-order valence-electron chi connectivity index (χ2n) is 3.64. The SMILES string of the molecule is [2H]C1([2H])[C@H](OCc2ccccc2)OC[C@@H](O)[C@H]1O. The summed E-state index contributed by atoms with van der Waals surface area (Å²) >= 11 is 0. The fraction of sp³-hybridized carbons (Fsp3) is 0.500. The molecule has 4 nitrogen and oxygen atoms in total. The number of rotatable bonds is 3. The van der Waals surface area contributed by atoms with E-state index in [-0.39, 0.29) is 13.2 Å². The Bertz CT molecular complexity index is 385. The minimum Gasteiger partial charge on any atom is -0.390 e. The minimum absolute atomic E-state index is 0.139. The van der Waals surface area contributed by atoms with Crippen LogP contribution in [-0.2, 0) is 16.1 Å². The minimum atomic E-state index is -2.13. The van der Waals surface area contributed by atoms with E-state index in [9.17, 15) is 10.2 Å². The average molecular weight is 226 g/mol. The van der Waals surface area contributed by atoms with Crippen molar-refractivity contribution in [2.75, 3.05) is 6.61 Å². The van der Waals surface area contributed by atoms with Gasteiger partial charge in [-0.25, -0.2) is 0 Å². The summed E-state index contributed by atoms with van der Waals surface area (Å²) in [6.45, 7) is 0.0496. The van der Waals surface area contributed by atoms with Crippen molar-refractivity contribution in [2.24, 2.45) is 0 Å². The maximum absolute atomic E-state index is 9.59. The van der Waals surface area contributed by atoms with Crippen LogP contribution in [0.2, 0.25) is 0 Å². The van der Waals surface area contributed by atoms with E-state index >= 15 is 0 Å². The maximum Gasteiger partial charge on any atom is 0.160 e. The van der Waals surface area contributed by atoms with Crippen molar-refractivity contribution >= 4 is 0 Å². The Morgan fingerprint density at radius 2 is 2.06 bits per heavy atom. The monoisotopic (exact) mass is 226 g/mol. The van der Waals surface area contributed by atoms with E-state index in [1.807, 2.05) is 30.3 Å². The van der Waals surface area contributed by atoms with Crippen LogP contribution in [0, 0.1) is 0 Å². The van der Waals surface area contributed by atoms with Gasteiger partial charge < -0.3 is 19.7 Å². The number of hydrogen-bond donors (Lipinski definition) is 2. The van der Waals surface area contributed by atoms with Gasteiger partial charge in [-0.1, -0.05) is 30.3 Å². The van der Waals surface area contributed by atoms with Crippen LogP contribution in [0.3, 0.4) is 0 Å². The highest BCUT2D eigenvalue weighted by Gasteiger charge is 2.28. The Labute approximate surface area is 97.2 Å². The van der Waals surface area contributed by atoms with Crippen molar-refractivity contribution in [3.8, 4) is 0 Å². The molecule has 4 heteroatoms. The fourth-order valence-electron chi connectivity index (χ4n) is 1.42. The molecule has 16 heavy (non-hydrogen) atoms. The molecule has 1 aromatic rings. The van der Waals surface area contributed by atoms with Crippen LogP contribution in [0.15, 0.2) is 30.3 Å². The molecule has 2 rings (SSSR count). The molecule has 0 amide bonds. The van der Waals surface area contributed by atoms with Crippen LogP contribution in [0.4, 0.5) is 0 Å². The molecular weight excluding hydrogens is 208 g/mol. The molecule has 0 aliphatic carbocycles. The first-order chi connectivity index (χ1) is 8.51. The molecule has 1 aliphatic rings. The number of hydrogen-bond acceptors (Lipinski definition) is 4. The molecule has 88 valence electrons. The molecule has 0 unspecified atom stereocenters. The lowest BCUT2D eigenvalue weighted by molar-refractivity contribution is -0.221. The van der Waals surface area contributed by atoms with Gasteiger partial charge in [-0.15, -0.1) is 0 Å². The Balaban J connectivity index is 1.97. The second kappa shape index (κ2) is 5.41. The third-order valence-electron chi connectivity index (χ3n) is 2.33. The van der Waals surface area contributed by atoms with E-state index in [0.717, 1.165) is 5.56 Å². The lowest BCUT2D eigenvalue weighted by atomic mass is 10.1. The van der Waals surface area contributed by atoms with Crippen molar-refractivity contribution < 1.29 is 22.4 Å². The first kappa shape index (κ1) is 9.13. The van der Waals surface area contributed by atoms with E-state index in [2.05, 4.69) is 0 Å². The van der Waals surface area contributed by atoms with Gasteiger partial charge in [-0.2, -0.15) is 0 Å². The predicted molar refractivity (Wildman–Crippen MR) is 57.6 cm³/mol. The molecule has 0 aromatic heterocycles. The van der Waals surface area contributed by atoms with Crippen LogP contribution in [0.1, 0.15) is 14.7 Å². The normalized spacial score (nSPS) is 35.2. The smallest absolute Gasteiger partial charge is 0.160 e. The van der Waals surface area contributed by atoms with Gasteiger partial charge in [0.05, 0.1) is 19.3 Å². The van der Waals surface area contributed by atoms with Crippen LogP contribution in [0.25, 0.3) is 0 Å². The molecule has 0 spiro atoms. The maximum atomic E-state index is 9.59. The van der Waals surface area contributed by atoms with E-state index in [1.54, 1.807) is 0 Å². The molecule has 1 fully saturated rings. The summed E-state index contributed by atoms with van der Waals surface area (Å²) in [5, 5.41) is 18.9. The summed E-state index contributed by atoms with van der Waals surface area (Å²) < 4.78 is 25.8. The van der Waals surface area contributed by atoms with Crippen molar-refractivity contribution in [3.05, 3.63) is 35.9 Å². The summed E-state index contributed by atoms with van der Waals surface area (Å²) in [4.78, 5) is 0. The molecule has 1 aromatic carbocycles. The zero-order valence-electron chi connectivity index (χ0n) is 10.7. The first-order valence-electron chi connectivity index (χ1n) is 6.15. The Kier molecular flexibility index (Phi) is 3.08. The van der Waals surface area contributed by atoms with Crippen molar-refractivity contribution in [3.63, 3.8) is 0 Å². The predicted octanol–water partition coefficient (Wildman–Crippen LogP) is 0.671. The number of benzene rings is 1. The number of aliphatic hydroxyl groups is 2. The lowest BCUT2D eigenvalue weighted by Crippen LogP contribution is -2.42. The molecule has 0 radical (unpaired) electrons. The van der Waals surface area contributed by atoms with Gasteiger partial charge in [0.25, 0.3) is 0 Å². The van der Waals surface area contributed by atoms with E-state index in [1.165, 1.54) is 0 Å². The fourth-order valence-corrected chi connectivity index (χ4v) is 1.42. The lowest BCUT2D eigenvalue weighted by Gasteiger charge is -2.30. The molecular formula is C12H16O4. The highest BCUT2D eigenvalue weighted by molar-refractivity contribution is 5.13.